The fourth-order valence-electron chi connectivity index (χ4n) is 3.32. The normalized spacial score (nSPS) is 15.3. The molecular weight excluding hydrogens is 360 g/mol. The van der Waals surface area contributed by atoms with Gasteiger partial charge in [0, 0.05) is 17.3 Å². The molecule has 0 atom stereocenters. The third-order valence-corrected chi connectivity index (χ3v) is 6.52. The first-order chi connectivity index (χ1) is 12.8. The molecule has 0 aromatic heterocycles. The number of hydrogen-bond acceptors (Lipinski definition) is 3. The van der Waals surface area contributed by atoms with Gasteiger partial charge in [-0.1, -0.05) is 25.3 Å². The van der Waals surface area contributed by atoms with Crippen LogP contribution in [0, 0.1) is 13.8 Å². The summed E-state index contributed by atoms with van der Waals surface area (Å²) < 4.78 is 27.8. The number of nitrogens with one attached hydrogen (secondary N) is 2. The third kappa shape index (κ3) is 4.89. The summed E-state index contributed by atoms with van der Waals surface area (Å²) >= 11 is 0. The molecule has 1 amide bonds. The Morgan fingerprint density at radius 1 is 0.926 bits per heavy atom. The lowest BCUT2D eigenvalue weighted by Gasteiger charge is -2.22. The highest BCUT2D eigenvalue weighted by molar-refractivity contribution is 7.92. The van der Waals surface area contributed by atoms with Crippen molar-refractivity contribution in [1.29, 1.82) is 0 Å². The van der Waals surface area contributed by atoms with E-state index in [2.05, 4.69) is 10.0 Å². The van der Waals surface area contributed by atoms with E-state index in [0.717, 1.165) is 36.8 Å². The molecule has 3 rings (SSSR count). The van der Waals surface area contributed by atoms with Crippen molar-refractivity contribution < 1.29 is 13.2 Å². The van der Waals surface area contributed by atoms with Crippen molar-refractivity contribution in [1.82, 2.24) is 5.32 Å². The number of rotatable bonds is 5. The average molecular weight is 387 g/mol. The van der Waals surface area contributed by atoms with Gasteiger partial charge in [0.2, 0.25) is 0 Å². The highest BCUT2D eigenvalue weighted by Crippen LogP contribution is 2.20. The number of carbonyl (C=O) groups excluding carboxylic acids is 1. The van der Waals surface area contributed by atoms with E-state index < -0.39 is 10.0 Å². The molecule has 5 nitrogen and oxygen atoms in total. The second kappa shape index (κ2) is 8.13. The fraction of sp³-hybridized carbons (Fsp3) is 0.381. The molecule has 0 unspecified atom stereocenters. The zero-order valence-electron chi connectivity index (χ0n) is 15.8. The monoisotopic (exact) mass is 386 g/mol. The SMILES string of the molecule is Cc1ccc(NS(=O)(=O)c2ccc(C(=O)NC3CCCCC3)cc2)cc1C. The van der Waals surface area contributed by atoms with Crippen molar-refractivity contribution in [2.24, 2.45) is 0 Å². The van der Waals surface area contributed by atoms with Crippen LogP contribution in [0.1, 0.15) is 53.6 Å². The van der Waals surface area contributed by atoms with E-state index in [1.807, 2.05) is 19.9 Å². The van der Waals surface area contributed by atoms with Gasteiger partial charge in [-0.3, -0.25) is 9.52 Å². The van der Waals surface area contributed by atoms with Crippen LogP contribution in [0.4, 0.5) is 5.69 Å². The van der Waals surface area contributed by atoms with E-state index in [0.29, 0.717) is 11.3 Å². The molecule has 1 fully saturated rings. The summed E-state index contributed by atoms with van der Waals surface area (Å²) in [6.45, 7) is 3.91. The maximum absolute atomic E-state index is 12.6. The highest BCUT2D eigenvalue weighted by Gasteiger charge is 2.18. The molecule has 2 N–H and O–H groups in total. The Hall–Kier alpha value is -2.34. The van der Waals surface area contributed by atoms with Crippen LogP contribution in [0.2, 0.25) is 0 Å². The lowest BCUT2D eigenvalue weighted by molar-refractivity contribution is 0.0927. The fourth-order valence-corrected chi connectivity index (χ4v) is 4.37. The molecule has 2 aromatic rings. The van der Waals surface area contributed by atoms with E-state index in [1.54, 1.807) is 24.3 Å². The molecule has 0 spiro atoms. The number of amides is 1. The molecule has 6 heteroatoms. The van der Waals surface area contributed by atoms with Gasteiger partial charge in [0.15, 0.2) is 0 Å². The molecule has 1 saturated carbocycles. The molecule has 1 aliphatic carbocycles. The second-order valence-electron chi connectivity index (χ2n) is 7.24. The topological polar surface area (TPSA) is 75.3 Å². The van der Waals surface area contributed by atoms with Gasteiger partial charge >= 0.3 is 0 Å². The van der Waals surface area contributed by atoms with Crippen LogP contribution in [0.25, 0.3) is 0 Å². The first-order valence-electron chi connectivity index (χ1n) is 9.36. The zero-order chi connectivity index (χ0) is 19.4. The maximum atomic E-state index is 12.6. The van der Waals surface area contributed by atoms with E-state index in [9.17, 15) is 13.2 Å². The van der Waals surface area contributed by atoms with Gasteiger partial charge in [0.05, 0.1) is 4.90 Å². The molecule has 1 aliphatic rings. The number of aryl methyl sites for hydroxylation is 2. The van der Waals surface area contributed by atoms with Gasteiger partial charge in [0.25, 0.3) is 15.9 Å². The van der Waals surface area contributed by atoms with Crippen LogP contribution in [-0.4, -0.2) is 20.4 Å². The number of carbonyl (C=O) groups is 1. The van der Waals surface area contributed by atoms with E-state index in [-0.39, 0.29) is 16.8 Å². The lowest BCUT2D eigenvalue weighted by Crippen LogP contribution is -2.36. The van der Waals surface area contributed by atoms with Crippen molar-refractivity contribution >= 4 is 21.6 Å². The summed E-state index contributed by atoms with van der Waals surface area (Å²) in [7, 11) is -3.69. The number of benzene rings is 2. The quantitative estimate of drug-likeness (QED) is 0.810. The minimum absolute atomic E-state index is 0.134. The Morgan fingerprint density at radius 3 is 2.22 bits per heavy atom. The molecule has 0 heterocycles. The summed E-state index contributed by atoms with van der Waals surface area (Å²) in [6, 6.07) is 11.7. The standard InChI is InChI=1S/C21H26N2O3S/c1-15-8-11-19(14-16(15)2)23-27(25,26)20-12-9-17(10-13-20)21(24)22-18-6-4-3-5-7-18/h8-14,18,23H,3-7H2,1-2H3,(H,22,24). The largest absolute Gasteiger partial charge is 0.349 e. The third-order valence-electron chi connectivity index (χ3n) is 5.13. The summed E-state index contributed by atoms with van der Waals surface area (Å²) in [6.07, 6.45) is 5.54. The minimum Gasteiger partial charge on any atom is -0.349 e. The Bertz CT molecular complexity index is 915. The summed E-state index contributed by atoms with van der Waals surface area (Å²) in [5.74, 6) is -0.145. The Balaban J connectivity index is 1.69. The maximum Gasteiger partial charge on any atom is 0.261 e. The van der Waals surface area contributed by atoms with Crippen molar-refractivity contribution in [3.8, 4) is 0 Å². The van der Waals surface area contributed by atoms with Crippen molar-refractivity contribution in [3.05, 3.63) is 59.2 Å². The Labute approximate surface area is 161 Å². The van der Waals surface area contributed by atoms with Crippen LogP contribution in [0.3, 0.4) is 0 Å². The molecule has 27 heavy (non-hydrogen) atoms. The van der Waals surface area contributed by atoms with Crippen LogP contribution in [0.15, 0.2) is 47.4 Å². The molecule has 2 aromatic carbocycles. The molecule has 0 radical (unpaired) electrons. The predicted octanol–water partition coefficient (Wildman–Crippen LogP) is 4.17. The van der Waals surface area contributed by atoms with Crippen LogP contribution < -0.4 is 10.0 Å². The molecular formula is C21H26N2O3S. The highest BCUT2D eigenvalue weighted by atomic mass is 32.2. The lowest BCUT2D eigenvalue weighted by atomic mass is 9.95. The van der Waals surface area contributed by atoms with E-state index in [4.69, 9.17) is 0 Å². The van der Waals surface area contributed by atoms with Crippen LogP contribution >= 0.6 is 0 Å². The average Bonchev–Trinajstić information content (AvgIpc) is 2.65. The van der Waals surface area contributed by atoms with Gasteiger partial charge in [-0.15, -0.1) is 0 Å². The van der Waals surface area contributed by atoms with Gasteiger partial charge in [-0.05, 0) is 74.2 Å². The number of sulfonamides is 1. The van der Waals surface area contributed by atoms with Crippen molar-refractivity contribution in [2.75, 3.05) is 4.72 Å². The minimum atomic E-state index is -3.69. The predicted molar refractivity (Wildman–Crippen MR) is 108 cm³/mol. The van der Waals surface area contributed by atoms with Crippen LogP contribution in [-0.2, 0) is 10.0 Å². The van der Waals surface area contributed by atoms with Gasteiger partial charge < -0.3 is 5.32 Å². The second-order valence-corrected chi connectivity index (χ2v) is 8.92. The molecule has 0 aliphatic heterocycles. The van der Waals surface area contributed by atoms with Gasteiger partial charge in [0.1, 0.15) is 0 Å². The van der Waals surface area contributed by atoms with Crippen molar-refractivity contribution in [2.45, 2.75) is 56.9 Å². The van der Waals surface area contributed by atoms with Gasteiger partial charge in [-0.2, -0.15) is 0 Å². The molecule has 144 valence electrons. The molecule has 0 bridgehead atoms. The number of hydrogen-bond donors (Lipinski definition) is 2. The number of anilines is 1. The van der Waals surface area contributed by atoms with Crippen LogP contribution in [0.5, 0.6) is 0 Å². The summed E-state index contributed by atoms with van der Waals surface area (Å²) in [5, 5.41) is 3.04. The van der Waals surface area contributed by atoms with Gasteiger partial charge in [-0.25, -0.2) is 8.42 Å². The molecule has 0 saturated heterocycles. The summed E-state index contributed by atoms with van der Waals surface area (Å²) in [4.78, 5) is 12.5. The van der Waals surface area contributed by atoms with Crippen molar-refractivity contribution in [3.63, 3.8) is 0 Å². The summed E-state index contributed by atoms with van der Waals surface area (Å²) in [5.41, 5.74) is 3.12. The zero-order valence-corrected chi connectivity index (χ0v) is 16.6. The van der Waals surface area contributed by atoms with E-state index >= 15 is 0 Å². The first-order valence-corrected chi connectivity index (χ1v) is 10.8. The smallest absolute Gasteiger partial charge is 0.261 e. The first kappa shape index (κ1) is 19.4. The Morgan fingerprint density at radius 2 is 1.59 bits per heavy atom. The Kier molecular flexibility index (Phi) is 5.85. The van der Waals surface area contributed by atoms with E-state index in [1.165, 1.54) is 18.6 Å².